The monoisotopic (exact) mass is 182 g/mol. The lowest BCUT2D eigenvalue weighted by Gasteiger charge is -2.09. The van der Waals surface area contributed by atoms with Gasteiger partial charge >= 0.3 is 0 Å². The fourth-order valence-corrected chi connectivity index (χ4v) is 1.94. The maximum atomic E-state index is 11.5. The maximum absolute atomic E-state index is 11.5. The number of ketones is 2. The van der Waals surface area contributed by atoms with Crippen LogP contribution in [0.1, 0.15) is 51.9 Å². The molecule has 0 amide bonds. The van der Waals surface area contributed by atoms with E-state index in [-0.39, 0.29) is 17.5 Å². The third kappa shape index (κ3) is 3.29. The van der Waals surface area contributed by atoms with Crippen LogP contribution in [0.3, 0.4) is 0 Å². The molecule has 0 aromatic rings. The van der Waals surface area contributed by atoms with E-state index >= 15 is 0 Å². The lowest BCUT2D eigenvalue weighted by Crippen LogP contribution is -2.21. The highest BCUT2D eigenvalue weighted by Crippen LogP contribution is 2.19. The fraction of sp³-hybridized carbons (Fsp3) is 0.818. The Kier molecular flexibility index (Phi) is 4.13. The van der Waals surface area contributed by atoms with E-state index in [9.17, 15) is 9.59 Å². The molecule has 0 aromatic heterocycles. The highest BCUT2D eigenvalue weighted by molar-refractivity contribution is 6.01. The third-order valence-corrected chi connectivity index (χ3v) is 2.80. The van der Waals surface area contributed by atoms with Crippen molar-refractivity contribution in [2.45, 2.75) is 51.9 Å². The van der Waals surface area contributed by atoms with Crippen LogP contribution in [-0.2, 0) is 9.59 Å². The molecule has 13 heavy (non-hydrogen) atoms. The van der Waals surface area contributed by atoms with Gasteiger partial charge in [0.2, 0.25) is 0 Å². The summed E-state index contributed by atoms with van der Waals surface area (Å²) in [6.45, 7) is 1.54. The fourth-order valence-electron chi connectivity index (χ4n) is 1.94. The normalized spacial score (nSPS) is 25.9. The molecule has 0 aromatic carbocycles. The van der Waals surface area contributed by atoms with E-state index in [1.807, 2.05) is 0 Å². The predicted octanol–water partition coefficient (Wildman–Crippen LogP) is 2.51. The molecular weight excluding hydrogens is 164 g/mol. The molecule has 74 valence electrons. The molecule has 1 rings (SSSR count). The molecule has 1 aliphatic rings. The number of carbonyl (C=O) groups excluding carboxylic acids is 2. The van der Waals surface area contributed by atoms with Crippen LogP contribution in [0.25, 0.3) is 0 Å². The van der Waals surface area contributed by atoms with Crippen LogP contribution < -0.4 is 0 Å². The van der Waals surface area contributed by atoms with Gasteiger partial charge in [-0.25, -0.2) is 0 Å². The van der Waals surface area contributed by atoms with Gasteiger partial charge in [0.05, 0.1) is 5.92 Å². The van der Waals surface area contributed by atoms with Gasteiger partial charge in [0.15, 0.2) is 0 Å². The molecule has 0 aliphatic heterocycles. The van der Waals surface area contributed by atoms with E-state index in [0.29, 0.717) is 6.42 Å². The Bertz CT molecular complexity index is 196. The Labute approximate surface area is 79.7 Å². The first-order chi connectivity index (χ1) is 6.22. The quantitative estimate of drug-likeness (QED) is 0.584. The summed E-state index contributed by atoms with van der Waals surface area (Å²) >= 11 is 0. The van der Waals surface area contributed by atoms with Crippen molar-refractivity contribution in [2.24, 2.45) is 5.92 Å². The molecule has 2 heteroatoms. The van der Waals surface area contributed by atoms with Gasteiger partial charge < -0.3 is 0 Å². The van der Waals surface area contributed by atoms with Crippen molar-refractivity contribution in [3.8, 4) is 0 Å². The second-order valence-electron chi connectivity index (χ2n) is 3.94. The first kappa shape index (κ1) is 10.4. The molecule has 0 heterocycles. The summed E-state index contributed by atoms with van der Waals surface area (Å²) in [5.74, 6) is -0.0422. The number of hydrogen-bond acceptors (Lipinski definition) is 2. The zero-order valence-electron chi connectivity index (χ0n) is 8.34. The van der Waals surface area contributed by atoms with Crippen LogP contribution >= 0.6 is 0 Å². The minimum Gasteiger partial charge on any atom is -0.299 e. The van der Waals surface area contributed by atoms with Gasteiger partial charge in [-0.15, -0.1) is 0 Å². The van der Waals surface area contributed by atoms with E-state index in [0.717, 1.165) is 25.7 Å². The van der Waals surface area contributed by atoms with Crippen molar-refractivity contribution in [2.75, 3.05) is 0 Å². The largest absolute Gasteiger partial charge is 0.299 e. The summed E-state index contributed by atoms with van der Waals surface area (Å²) in [4.78, 5) is 22.7. The SMILES string of the molecule is CC(=O)C1CCCCCCCC1=O. The molecule has 1 saturated carbocycles. The molecule has 1 unspecified atom stereocenters. The number of hydrogen-bond donors (Lipinski definition) is 0. The first-order valence-electron chi connectivity index (χ1n) is 5.25. The molecule has 1 atom stereocenters. The lowest BCUT2D eigenvalue weighted by atomic mass is 9.92. The Morgan fingerprint density at radius 2 is 1.77 bits per heavy atom. The van der Waals surface area contributed by atoms with E-state index in [1.165, 1.54) is 12.8 Å². The summed E-state index contributed by atoms with van der Waals surface area (Å²) in [6, 6.07) is 0. The summed E-state index contributed by atoms with van der Waals surface area (Å²) in [7, 11) is 0. The Hall–Kier alpha value is -0.660. The van der Waals surface area contributed by atoms with Gasteiger partial charge in [-0.1, -0.05) is 25.7 Å². The van der Waals surface area contributed by atoms with Gasteiger partial charge in [-0.3, -0.25) is 9.59 Å². The summed E-state index contributed by atoms with van der Waals surface area (Å²) in [6.07, 6.45) is 6.96. The summed E-state index contributed by atoms with van der Waals surface area (Å²) < 4.78 is 0. The summed E-state index contributed by atoms with van der Waals surface area (Å²) in [5, 5.41) is 0. The second kappa shape index (κ2) is 5.15. The molecule has 2 nitrogen and oxygen atoms in total. The Morgan fingerprint density at radius 3 is 2.46 bits per heavy atom. The van der Waals surface area contributed by atoms with Crippen molar-refractivity contribution in [3.63, 3.8) is 0 Å². The average Bonchev–Trinajstić information content (AvgIpc) is 2.16. The first-order valence-corrected chi connectivity index (χ1v) is 5.25. The average molecular weight is 182 g/mol. The van der Waals surface area contributed by atoms with Crippen molar-refractivity contribution in [1.82, 2.24) is 0 Å². The second-order valence-corrected chi connectivity index (χ2v) is 3.94. The predicted molar refractivity (Wildman–Crippen MR) is 51.5 cm³/mol. The third-order valence-electron chi connectivity index (χ3n) is 2.80. The van der Waals surface area contributed by atoms with Crippen LogP contribution in [0.4, 0.5) is 0 Å². The molecule has 0 spiro atoms. The van der Waals surface area contributed by atoms with Gasteiger partial charge in [-0.05, 0) is 19.8 Å². The minimum absolute atomic E-state index is 0.0619. The zero-order valence-corrected chi connectivity index (χ0v) is 8.34. The maximum Gasteiger partial charge on any atom is 0.143 e. The molecule has 0 N–H and O–H groups in total. The van der Waals surface area contributed by atoms with Crippen LogP contribution in [0.5, 0.6) is 0 Å². The van der Waals surface area contributed by atoms with Crippen LogP contribution in [-0.4, -0.2) is 11.6 Å². The minimum atomic E-state index is -0.280. The molecule has 0 bridgehead atoms. The zero-order chi connectivity index (χ0) is 9.68. The van der Waals surface area contributed by atoms with Crippen molar-refractivity contribution in [3.05, 3.63) is 0 Å². The van der Waals surface area contributed by atoms with E-state index < -0.39 is 0 Å². The number of carbonyl (C=O) groups is 2. The highest BCUT2D eigenvalue weighted by Gasteiger charge is 2.22. The van der Waals surface area contributed by atoms with Crippen molar-refractivity contribution < 1.29 is 9.59 Å². The number of rotatable bonds is 1. The molecule has 1 fully saturated rings. The van der Waals surface area contributed by atoms with E-state index in [4.69, 9.17) is 0 Å². The van der Waals surface area contributed by atoms with Crippen LogP contribution in [0, 0.1) is 5.92 Å². The van der Waals surface area contributed by atoms with Gasteiger partial charge in [0, 0.05) is 6.42 Å². The smallest absolute Gasteiger partial charge is 0.143 e. The van der Waals surface area contributed by atoms with E-state index in [2.05, 4.69) is 0 Å². The lowest BCUT2D eigenvalue weighted by molar-refractivity contribution is -0.131. The molecule has 1 aliphatic carbocycles. The Morgan fingerprint density at radius 1 is 1.15 bits per heavy atom. The van der Waals surface area contributed by atoms with Crippen LogP contribution in [0.2, 0.25) is 0 Å². The van der Waals surface area contributed by atoms with Crippen LogP contribution in [0.15, 0.2) is 0 Å². The molecule has 0 saturated heterocycles. The Balaban J connectivity index is 2.55. The highest BCUT2D eigenvalue weighted by atomic mass is 16.1. The van der Waals surface area contributed by atoms with Crippen molar-refractivity contribution in [1.29, 1.82) is 0 Å². The van der Waals surface area contributed by atoms with Crippen molar-refractivity contribution >= 4 is 11.6 Å². The van der Waals surface area contributed by atoms with Gasteiger partial charge in [0.25, 0.3) is 0 Å². The molecular formula is C11H18O2. The van der Waals surface area contributed by atoms with Gasteiger partial charge in [-0.2, -0.15) is 0 Å². The standard InChI is InChI=1S/C11H18O2/c1-9(12)10-7-5-3-2-4-6-8-11(10)13/h10H,2-8H2,1H3. The van der Waals surface area contributed by atoms with E-state index in [1.54, 1.807) is 6.92 Å². The molecule has 0 radical (unpaired) electrons. The van der Waals surface area contributed by atoms with Gasteiger partial charge in [0.1, 0.15) is 11.6 Å². The number of Topliss-reactive ketones (excluding diaryl/α,β-unsaturated/α-hetero) is 2. The topological polar surface area (TPSA) is 34.1 Å². The summed E-state index contributed by atoms with van der Waals surface area (Å²) in [5.41, 5.74) is 0.